The first-order valence-electron chi connectivity index (χ1n) is 4.58. The molecule has 0 saturated carbocycles. The average molecular weight is 190 g/mol. The second-order valence-corrected chi connectivity index (χ2v) is 4.82. The van der Waals surface area contributed by atoms with Gasteiger partial charge < -0.3 is 19.1 Å². The molecule has 0 bridgehead atoms. The Morgan fingerprint density at radius 3 is 2.46 bits per heavy atom. The Bertz CT molecular complexity index is 178. The van der Waals surface area contributed by atoms with E-state index in [-0.39, 0.29) is 12.7 Å². The highest BCUT2D eigenvalue weighted by molar-refractivity contribution is 4.73. The van der Waals surface area contributed by atoms with Gasteiger partial charge in [-0.2, -0.15) is 0 Å². The van der Waals surface area contributed by atoms with E-state index in [9.17, 15) is 0 Å². The van der Waals surface area contributed by atoms with E-state index >= 15 is 0 Å². The summed E-state index contributed by atoms with van der Waals surface area (Å²) in [4.78, 5) is 0. The third-order valence-electron chi connectivity index (χ3n) is 2.03. The Kier molecular flexibility index (Phi) is 2.97. The fraction of sp³-hybridized carbons (Fsp3) is 1.00. The van der Waals surface area contributed by atoms with E-state index in [1.54, 1.807) is 6.92 Å². The molecule has 1 fully saturated rings. The summed E-state index contributed by atoms with van der Waals surface area (Å²) in [7, 11) is 6.33. The van der Waals surface area contributed by atoms with Gasteiger partial charge in [0, 0.05) is 0 Å². The molecule has 1 saturated heterocycles. The van der Waals surface area contributed by atoms with E-state index in [1.165, 1.54) is 0 Å². The molecule has 0 aromatic carbocycles. The van der Waals surface area contributed by atoms with Crippen molar-refractivity contribution in [3.63, 3.8) is 0 Å². The number of likely N-dealkylation sites (N-methyl/N-ethyl adjacent to an activating group) is 1. The van der Waals surface area contributed by atoms with Crippen LogP contribution in [0.5, 0.6) is 0 Å². The van der Waals surface area contributed by atoms with E-state index in [2.05, 4.69) is 21.1 Å². The van der Waals surface area contributed by atoms with Crippen molar-refractivity contribution >= 4 is 0 Å². The minimum atomic E-state index is -0.778. The van der Waals surface area contributed by atoms with Crippen LogP contribution in [0.4, 0.5) is 0 Å². The largest absolute Gasteiger partial charge is 0.391 e. The highest BCUT2D eigenvalue weighted by atomic mass is 16.8. The number of hydrogen-bond donors (Lipinski definition) is 1. The molecule has 1 aliphatic heterocycles. The van der Waals surface area contributed by atoms with Gasteiger partial charge in [-0.15, -0.1) is 0 Å². The predicted octanol–water partition coefficient (Wildman–Crippen LogP) is -0.184. The second-order valence-electron chi connectivity index (χ2n) is 4.82. The Balaban J connectivity index is 2.42. The first kappa shape index (κ1) is 10.9. The second kappa shape index (κ2) is 3.53. The molecule has 0 spiro atoms. The van der Waals surface area contributed by atoms with Gasteiger partial charge in [-0.05, 0) is 6.92 Å². The van der Waals surface area contributed by atoms with Gasteiger partial charge in [0.15, 0.2) is 5.79 Å². The van der Waals surface area contributed by atoms with E-state index in [0.717, 1.165) is 11.0 Å². The summed E-state index contributed by atoms with van der Waals surface area (Å²) in [6.45, 7) is 3.16. The summed E-state index contributed by atoms with van der Waals surface area (Å²) >= 11 is 0. The van der Waals surface area contributed by atoms with Gasteiger partial charge in [-0.3, -0.25) is 0 Å². The quantitative estimate of drug-likeness (QED) is 0.627. The van der Waals surface area contributed by atoms with Crippen molar-refractivity contribution in [1.82, 2.24) is 0 Å². The van der Waals surface area contributed by atoms with Crippen molar-refractivity contribution in [1.29, 1.82) is 0 Å². The first-order chi connectivity index (χ1) is 5.85. The fourth-order valence-corrected chi connectivity index (χ4v) is 1.47. The summed E-state index contributed by atoms with van der Waals surface area (Å²) in [5, 5.41) is 8.99. The monoisotopic (exact) mass is 190 g/mol. The smallest absolute Gasteiger partial charge is 0.189 e. The van der Waals surface area contributed by atoms with Gasteiger partial charge in [-0.1, -0.05) is 0 Å². The fourth-order valence-electron chi connectivity index (χ4n) is 1.47. The highest BCUT2D eigenvalue weighted by Crippen LogP contribution is 2.23. The molecule has 1 rings (SSSR count). The molecule has 1 heterocycles. The van der Waals surface area contributed by atoms with Crippen LogP contribution in [0.1, 0.15) is 6.92 Å². The normalized spacial score (nSPS) is 35.3. The lowest BCUT2D eigenvalue weighted by Crippen LogP contribution is -2.43. The molecule has 1 N–H and O–H groups in total. The molecular formula is C9H20NO3+. The zero-order valence-corrected chi connectivity index (χ0v) is 8.91. The maximum Gasteiger partial charge on any atom is 0.189 e. The molecule has 0 radical (unpaired) electrons. The van der Waals surface area contributed by atoms with Crippen molar-refractivity contribution in [3.05, 3.63) is 0 Å². The third kappa shape index (κ3) is 3.23. The summed E-state index contributed by atoms with van der Waals surface area (Å²) in [6.07, 6.45) is 0.0946. The van der Waals surface area contributed by atoms with Crippen LogP contribution in [-0.2, 0) is 9.47 Å². The first-order valence-corrected chi connectivity index (χ1v) is 4.58. The van der Waals surface area contributed by atoms with Crippen LogP contribution in [0.25, 0.3) is 0 Å². The number of hydrogen-bond acceptors (Lipinski definition) is 3. The lowest BCUT2D eigenvalue weighted by molar-refractivity contribution is -0.873. The zero-order chi connectivity index (χ0) is 10.1. The molecule has 0 amide bonds. The minimum absolute atomic E-state index is 0.0827. The van der Waals surface area contributed by atoms with Gasteiger partial charge >= 0.3 is 0 Å². The standard InChI is InChI=1S/C9H20NO3/c1-9(7-11)12-6-8(13-9)5-10(2,3)4/h8,11H,5-7H2,1-4H3/q+1/t8-,9-/m1/s1. The predicted molar refractivity (Wildman–Crippen MR) is 49.2 cm³/mol. The zero-order valence-electron chi connectivity index (χ0n) is 8.91. The van der Waals surface area contributed by atoms with Crippen molar-refractivity contribution in [2.75, 3.05) is 40.9 Å². The summed E-state index contributed by atoms with van der Waals surface area (Å²) in [5.74, 6) is -0.778. The lowest BCUT2D eigenvalue weighted by Gasteiger charge is -2.27. The SMILES string of the molecule is C[C@@]1(CO)OC[C@@H](C[N+](C)(C)C)O1. The van der Waals surface area contributed by atoms with Crippen molar-refractivity contribution in [3.8, 4) is 0 Å². The maximum atomic E-state index is 8.99. The summed E-state index contributed by atoms with van der Waals surface area (Å²) in [5.41, 5.74) is 0. The molecule has 78 valence electrons. The van der Waals surface area contributed by atoms with Crippen molar-refractivity contribution in [2.24, 2.45) is 0 Å². The molecule has 0 aromatic heterocycles. The molecule has 0 unspecified atom stereocenters. The van der Waals surface area contributed by atoms with Gasteiger partial charge in [0.2, 0.25) is 0 Å². The molecule has 1 aliphatic rings. The van der Waals surface area contributed by atoms with Crippen LogP contribution in [0.15, 0.2) is 0 Å². The number of ether oxygens (including phenoxy) is 2. The van der Waals surface area contributed by atoms with E-state index in [1.807, 2.05) is 0 Å². The van der Waals surface area contributed by atoms with Crippen LogP contribution in [-0.4, -0.2) is 62.4 Å². The average Bonchev–Trinajstić information content (AvgIpc) is 2.30. The van der Waals surface area contributed by atoms with Crippen LogP contribution in [0.3, 0.4) is 0 Å². The molecule has 2 atom stereocenters. The topological polar surface area (TPSA) is 38.7 Å². The maximum absolute atomic E-state index is 8.99. The van der Waals surface area contributed by atoms with E-state index in [0.29, 0.717) is 6.61 Å². The van der Waals surface area contributed by atoms with E-state index in [4.69, 9.17) is 14.6 Å². The van der Waals surface area contributed by atoms with Crippen LogP contribution in [0.2, 0.25) is 0 Å². The summed E-state index contributed by atoms with van der Waals surface area (Å²) in [6, 6.07) is 0. The van der Waals surface area contributed by atoms with Gasteiger partial charge in [0.1, 0.15) is 12.6 Å². The molecule has 4 heteroatoms. The lowest BCUT2D eigenvalue weighted by atomic mass is 10.3. The van der Waals surface area contributed by atoms with Crippen molar-refractivity contribution < 1.29 is 19.1 Å². The Hall–Kier alpha value is -0.160. The van der Waals surface area contributed by atoms with Crippen LogP contribution >= 0.6 is 0 Å². The number of aliphatic hydroxyl groups is 1. The molecule has 0 aromatic rings. The molecule has 13 heavy (non-hydrogen) atoms. The Labute approximate surface area is 79.6 Å². The summed E-state index contributed by atoms with van der Waals surface area (Å²) < 4.78 is 11.8. The van der Waals surface area contributed by atoms with Gasteiger partial charge in [0.25, 0.3) is 0 Å². The van der Waals surface area contributed by atoms with Crippen LogP contribution < -0.4 is 0 Å². The van der Waals surface area contributed by atoms with Crippen molar-refractivity contribution in [2.45, 2.75) is 18.8 Å². The number of nitrogens with zero attached hydrogens (tertiary/aromatic N) is 1. The highest BCUT2D eigenvalue weighted by Gasteiger charge is 2.38. The molecular weight excluding hydrogens is 170 g/mol. The van der Waals surface area contributed by atoms with Gasteiger partial charge in [-0.25, -0.2) is 0 Å². The number of rotatable bonds is 3. The Morgan fingerprint density at radius 1 is 1.46 bits per heavy atom. The van der Waals surface area contributed by atoms with Crippen LogP contribution in [0, 0.1) is 0 Å². The molecule has 0 aliphatic carbocycles. The molecule has 4 nitrogen and oxygen atoms in total. The van der Waals surface area contributed by atoms with E-state index < -0.39 is 5.79 Å². The van der Waals surface area contributed by atoms with Gasteiger partial charge in [0.05, 0.1) is 34.4 Å². The minimum Gasteiger partial charge on any atom is -0.391 e. The number of aliphatic hydroxyl groups excluding tert-OH is 1. The number of quaternary nitrogens is 1. The Morgan fingerprint density at radius 2 is 2.08 bits per heavy atom. The third-order valence-corrected chi connectivity index (χ3v) is 2.03.